The molecule has 25 heavy (non-hydrogen) atoms. The zero-order chi connectivity index (χ0) is 17.4. The number of benzene rings is 1. The maximum Gasteiger partial charge on any atom is 0.224 e. The fourth-order valence-corrected chi connectivity index (χ4v) is 3.02. The summed E-state index contributed by atoms with van der Waals surface area (Å²) in [6, 6.07) is 8.15. The van der Waals surface area contributed by atoms with Gasteiger partial charge in [0.2, 0.25) is 11.9 Å². The van der Waals surface area contributed by atoms with Crippen LogP contribution < -0.4 is 16.0 Å². The molecule has 0 amide bonds. The second-order valence-electron chi connectivity index (χ2n) is 6.17. The predicted octanol–water partition coefficient (Wildman–Crippen LogP) is 1.83. The Balaban J connectivity index is 1.78. The van der Waals surface area contributed by atoms with E-state index in [2.05, 4.69) is 39.2 Å². The van der Waals surface area contributed by atoms with Gasteiger partial charge in [0, 0.05) is 25.8 Å². The summed E-state index contributed by atoms with van der Waals surface area (Å²) in [6.07, 6.45) is 0. The number of aryl methyl sites for hydroxylation is 2. The molecule has 130 valence electrons. The summed E-state index contributed by atoms with van der Waals surface area (Å²) in [5.74, 6) is 1.72. The Morgan fingerprint density at radius 1 is 1.16 bits per heavy atom. The number of nitrogen functional groups attached to an aromatic ring is 1. The van der Waals surface area contributed by atoms with Gasteiger partial charge in [-0.25, -0.2) is 4.98 Å². The molecule has 1 aliphatic rings. The average Bonchev–Trinajstić information content (AvgIpc) is 2.91. The first-order chi connectivity index (χ1) is 12.1. The number of fused-ring (bicyclic) bond motifs is 1. The summed E-state index contributed by atoms with van der Waals surface area (Å²) in [5.41, 5.74) is 9.56. The van der Waals surface area contributed by atoms with Gasteiger partial charge in [-0.3, -0.25) is 4.57 Å². The molecule has 0 radical (unpaired) electrons. The largest absolute Gasteiger partial charge is 0.378 e. The molecule has 1 saturated heterocycles. The predicted molar refractivity (Wildman–Crippen MR) is 98.2 cm³/mol. The number of nitrogens with one attached hydrogen (secondary N) is 1. The molecule has 8 heteroatoms. The molecule has 0 saturated carbocycles. The van der Waals surface area contributed by atoms with Gasteiger partial charge >= 0.3 is 0 Å². The van der Waals surface area contributed by atoms with E-state index in [9.17, 15) is 0 Å². The number of hydrogen-bond acceptors (Lipinski definition) is 7. The lowest BCUT2D eigenvalue weighted by atomic mass is 10.2. The van der Waals surface area contributed by atoms with Gasteiger partial charge in [0.1, 0.15) is 0 Å². The van der Waals surface area contributed by atoms with Gasteiger partial charge in [0.15, 0.2) is 17.0 Å². The summed E-state index contributed by atoms with van der Waals surface area (Å²) in [7, 11) is 1.92. The average molecular weight is 339 g/mol. The lowest BCUT2D eigenvalue weighted by Crippen LogP contribution is -2.37. The summed E-state index contributed by atoms with van der Waals surface area (Å²) in [4.78, 5) is 15.7. The van der Waals surface area contributed by atoms with Gasteiger partial charge in [-0.05, 0) is 24.6 Å². The number of morpholine rings is 1. The van der Waals surface area contributed by atoms with Crippen LogP contribution in [0.15, 0.2) is 24.3 Å². The third kappa shape index (κ3) is 2.96. The number of rotatable bonds is 3. The van der Waals surface area contributed by atoms with Crippen LogP contribution in [0.25, 0.3) is 11.2 Å². The highest BCUT2D eigenvalue weighted by atomic mass is 16.5. The number of hydrogen-bond donors (Lipinski definition) is 2. The Labute approximate surface area is 145 Å². The molecule has 1 fully saturated rings. The smallest absolute Gasteiger partial charge is 0.224 e. The molecule has 4 rings (SSSR count). The third-order valence-electron chi connectivity index (χ3n) is 4.30. The van der Waals surface area contributed by atoms with Crippen LogP contribution in [0, 0.1) is 6.92 Å². The SMILES string of the molecule is Cc1cccc(Nc2nc3c(N4CCOCC4)nc(N)nc3n2C)c1. The summed E-state index contributed by atoms with van der Waals surface area (Å²) in [6.45, 7) is 4.94. The molecule has 1 aromatic carbocycles. The number of anilines is 4. The molecule has 3 N–H and O–H groups in total. The van der Waals surface area contributed by atoms with E-state index in [0.29, 0.717) is 24.8 Å². The molecule has 0 spiro atoms. The van der Waals surface area contributed by atoms with E-state index in [0.717, 1.165) is 30.1 Å². The normalized spacial score (nSPS) is 14.9. The second kappa shape index (κ2) is 6.21. The van der Waals surface area contributed by atoms with Gasteiger partial charge < -0.3 is 20.7 Å². The second-order valence-corrected chi connectivity index (χ2v) is 6.17. The summed E-state index contributed by atoms with van der Waals surface area (Å²) < 4.78 is 7.33. The molecule has 0 atom stereocenters. The van der Waals surface area contributed by atoms with Crippen LogP contribution in [0.1, 0.15) is 5.56 Å². The standard InChI is InChI=1S/C17H21N7O/c1-11-4-3-5-12(10-11)19-17-20-13-14(23(17)2)21-16(18)22-15(13)24-6-8-25-9-7-24/h3-5,10H,6-9H2,1-2H3,(H,19,20)(H2,18,21,22). The minimum atomic E-state index is 0.249. The van der Waals surface area contributed by atoms with Crippen LogP contribution in [0.3, 0.4) is 0 Å². The van der Waals surface area contributed by atoms with Gasteiger partial charge in [-0.1, -0.05) is 12.1 Å². The zero-order valence-corrected chi connectivity index (χ0v) is 14.4. The van der Waals surface area contributed by atoms with Gasteiger partial charge in [-0.2, -0.15) is 9.97 Å². The van der Waals surface area contributed by atoms with Crippen molar-refractivity contribution in [2.75, 3.05) is 42.3 Å². The third-order valence-corrected chi connectivity index (χ3v) is 4.30. The van der Waals surface area contributed by atoms with Gasteiger partial charge in [0.25, 0.3) is 0 Å². The van der Waals surface area contributed by atoms with E-state index in [4.69, 9.17) is 15.5 Å². The number of aromatic nitrogens is 4. The maximum atomic E-state index is 5.94. The fourth-order valence-electron chi connectivity index (χ4n) is 3.02. The van der Waals surface area contributed by atoms with Gasteiger partial charge in [0.05, 0.1) is 13.2 Å². The van der Waals surface area contributed by atoms with Crippen molar-refractivity contribution in [2.45, 2.75) is 6.92 Å². The van der Waals surface area contributed by atoms with E-state index in [-0.39, 0.29) is 5.95 Å². The van der Waals surface area contributed by atoms with E-state index >= 15 is 0 Å². The van der Waals surface area contributed by atoms with Crippen molar-refractivity contribution in [2.24, 2.45) is 7.05 Å². The van der Waals surface area contributed by atoms with E-state index < -0.39 is 0 Å². The molecule has 1 aliphatic heterocycles. The Kier molecular flexibility index (Phi) is 3.89. The van der Waals surface area contributed by atoms with Crippen LogP contribution in [-0.4, -0.2) is 45.8 Å². The molecule has 2 aromatic heterocycles. The molecule has 8 nitrogen and oxygen atoms in total. The summed E-state index contributed by atoms with van der Waals surface area (Å²) in [5, 5.41) is 3.35. The first-order valence-electron chi connectivity index (χ1n) is 8.28. The molecule has 3 aromatic rings. The van der Waals surface area contributed by atoms with Crippen molar-refractivity contribution in [3.63, 3.8) is 0 Å². The topological polar surface area (TPSA) is 94.1 Å². The lowest BCUT2D eigenvalue weighted by molar-refractivity contribution is 0.122. The molecule has 3 heterocycles. The minimum Gasteiger partial charge on any atom is -0.378 e. The molecular formula is C17H21N7O. The van der Waals surface area contributed by atoms with Crippen molar-refractivity contribution >= 4 is 34.6 Å². The van der Waals surface area contributed by atoms with Gasteiger partial charge in [-0.15, -0.1) is 0 Å². The van der Waals surface area contributed by atoms with Crippen molar-refractivity contribution in [3.8, 4) is 0 Å². The maximum absolute atomic E-state index is 5.94. The van der Waals surface area contributed by atoms with Crippen LogP contribution in [0.5, 0.6) is 0 Å². The van der Waals surface area contributed by atoms with Crippen molar-refractivity contribution in [3.05, 3.63) is 29.8 Å². The first kappa shape index (κ1) is 15.6. The Morgan fingerprint density at radius 2 is 1.96 bits per heavy atom. The Morgan fingerprint density at radius 3 is 2.72 bits per heavy atom. The van der Waals surface area contributed by atoms with Crippen LogP contribution in [0.2, 0.25) is 0 Å². The highest BCUT2D eigenvalue weighted by Gasteiger charge is 2.21. The zero-order valence-electron chi connectivity index (χ0n) is 14.4. The van der Waals surface area contributed by atoms with Crippen molar-refractivity contribution in [1.82, 2.24) is 19.5 Å². The highest BCUT2D eigenvalue weighted by molar-refractivity contribution is 5.87. The van der Waals surface area contributed by atoms with Crippen molar-refractivity contribution < 1.29 is 4.74 Å². The monoisotopic (exact) mass is 339 g/mol. The van der Waals surface area contributed by atoms with Crippen LogP contribution >= 0.6 is 0 Å². The van der Waals surface area contributed by atoms with Crippen LogP contribution in [-0.2, 0) is 11.8 Å². The number of nitrogens with zero attached hydrogens (tertiary/aromatic N) is 5. The van der Waals surface area contributed by atoms with E-state index in [1.165, 1.54) is 5.56 Å². The number of imidazole rings is 1. The lowest BCUT2D eigenvalue weighted by Gasteiger charge is -2.27. The first-order valence-corrected chi connectivity index (χ1v) is 8.28. The van der Waals surface area contributed by atoms with Crippen molar-refractivity contribution in [1.29, 1.82) is 0 Å². The fraction of sp³-hybridized carbons (Fsp3) is 0.353. The Hall–Kier alpha value is -2.87. The molecule has 0 bridgehead atoms. The Bertz CT molecular complexity index is 915. The molecule has 0 unspecified atom stereocenters. The van der Waals surface area contributed by atoms with E-state index in [1.54, 1.807) is 0 Å². The van der Waals surface area contributed by atoms with Crippen LogP contribution in [0.4, 0.5) is 23.4 Å². The van der Waals surface area contributed by atoms with E-state index in [1.807, 2.05) is 23.7 Å². The molecule has 0 aliphatic carbocycles. The molecular weight excluding hydrogens is 318 g/mol. The minimum absolute atomic E-state index is 0.249. The number of nitrogens with two attached hydrogens (primary N) is 1. The highest BCUT2D eigenvalue weighted by Crippen LogP contribution is 2.28. The summed E-state index contributed by atoms with van der Waals surface area (Å²) >= 11 is 0. The quantitative estimate of drug-likeness (QED) is 0.752. The number of ether oxygens (including phenoxy) is 1.